The molecule has 0 aromatic rings. The standard InChI is InChI=1S/C46H78N4O33/c1-13(59)48-23-28(64)26(62)17(5-52)73-41(23)79-37-21(9-56)77-45(34(70)32(37)68)80-36-19(7-54)75-43(25(30(36)66)50-15(3)61)83-40-35(71)46(81-38-20(8-55)76-44(33(69)31(38)67)72-11-16(4-51)47-12-58)78-22(10-57)39(40)82-42-24(49-14(2)60)29(65)27(63)18(6-53)74-42/h12,16-46,51-57,62-71H,4-11H2,1-3H3,(H,47,58)(H,48,59)(H,49,60)(H,50,61)/t16-,17-,18-,19-,20-,21-,22-,23-,24-,25-,26+,27+,28-,29-,30-,31-,32-,33-,34-,35-,36+,37+,38-,39+,40-,41+,42+,43+,44-,45+,46+/m1/s1. The molecule has 0 radical (unpaired) electrons. The Balaban J connectivity index is 1.30. The lowest BCUT2D eigenvalue weighted by molar-refractivity contribution is -0.396. The monoisotopic (exact) mass is 1210 g/mol. The molecule has 0 unspecified atom stereocenters. The van der Waals surface area contributed by atoms with E-state index in [1.807, 2.05) is 0 Å². The fourth-order valence-electron chi connectivity index (χ4n) is 10.3. The van der Waals surface area contributed by atoms with Crippen LogP contribution >= 0.6 is 0 Å². The molecule has 6 aliphatic rings. The molecule has 0 bridgehead atoms. The average molecular weight is 1220 g/mol. The van der Waals surface area contributed by atoms with Crippen molar-refractivity contribution >= 4 is 24.1 Å². The van der Waals surface area contributed by atoms with Crippen molar-refractivity contribution in [2.45, 2.75) is 211 Å². The Kier molecular flexibility index (Phi) is 25.8. The summed E-state index contributed by atoms with van der Waals surface area (Å²) < 4.78 is 70.4. The minimum Gasteiger partial charge on any atom is -0.394 e. The number of hydrogen-bond donors (Lipinski definition) is 21. The maximum atomic E-state index is 12.9. The van der Waals surface area contributed by atoms with Crippen LogP contribution in [0.4, 0.5) is 0 Å². The molecule has 6 aliphatic heterocycles. The van der Waals surface area contributed by atoms with Gasteiger partial charge in [0.25, 0.3) is 0 Å². The molecule has 6 rings (SSSR count). The van der Waals surface area contributed by atoms with Gasteiger partial charge in [0.1, 0.15) is 146 Å². The molecule has 83 heavy (non-hydrogen) atoms. The van der Waals surface area contributed by atoms with Gasteiger partial charge in [-0.05, 0) is 0 Å². The molecule has 37 nitrogen and oxygen atoms in total. The first-order chi connectivity index (χ1) is 39.4. The normalized spacial score (nSPS) is 45.4. The fourth-order valence-corrected chi connectivity index (χ4v) is 10.3. The molecule has 0 aliphatic carbocycles. The van der Waals surface area contributed by atoms with Crippen LogP contribution in [0.15, 0.2) is 0 Å². The fraction of sp³-hybridized carbons (Fsp3) is 0.913. The Bertz CT molecular complexity index is 2040. The number of ether oxygens (including phenoxy) is 12. The van der Waals surface area contributed by atoms with E-state index in [0.717, 1.165) is 20.8 Å². The summed E-state index contributed by atoms with van der Waals surface area (Å²) in [6.45, 7) is -4.14. The van der Waals surface area contributed by atoms with E-state index in [9.17, 15) is 106 Å². The van der Waals surface area contributed by atoms with Gasteiger partial charge in [0.05, 0.1) is 58.9 Å². The maximum Gasteiger partial charge on any atom is 0.217 e. The van der Waals surface area contributed by atoms with Crippen LogP contribution in [0.25, 0.3) is 0 Å². The number of aliphatic hydroxyl groups excluding tert-OH is 17. The molecular formula is C46H78N4O33. The number of amides is 4. The first-order valence-electron chi connectivity index (χ1n) is 26.3. The van der Waals surface area contributed by atoms with Crippen LogP contribution < -0.4 is 21.3 Å². The van der Waals surface area contributed by atoms with Crippen molar-refractivity contribution in [2.24, 2.45) is 0 Å². The first-order valence-corrected chi connectivity index (χ1v) is 26.3. The highest BCUT2D eigenvalue weighted by Gasteiger charge is 2.59. The van der Waals surface area contributed by atoms with Crippen molar-refractivity contribution in [3.8, 4) is 0 Å². The third-order valence-corrected chi connectivity index (χ3v) is 14.6. The van der Waals surface area contributed by atoms with Gasteiger partial charge in [-0.15, -0.1) is 0 Å². The van der Waals surface area contributed by atoms with Crippen LogP contribution in [0.2, 0.25) is 0 Å². The molecule has 37 heteroatoms. The second kappa shape index (κ2) is 31.1. The van der Waals surface area contributed by atoms with E-state index >= 15 is 0 Å². The summed E-state index contributed by atoms with van der Waals surface area (Å²) in [5.74, 6) is -2.47. The highest BCUT2D eigenvalue weighted by molar-refractivity contribution is 5.74. The van der Waals surface area contributed by atoms with Crippen LogP contribution in [0.5, 0.6) is 0 Å². The Hall–Kier alpha value is -3.28. The largest absolute Gasteiger partial charge is 0.394 e. The van der Waals surface area contributed by atoms with Crippen LogP contribution in [0.1, 0.15) is 20.8 Å². The summed E-state index contributed by atoms with van der Waals surface area (Å²) in [6.07, 6.45) is -51.7. The lowest BCUT2D eigenvalue weighted by Gasteiger charge is -2.52. The minimum atomic E-state index is -2.33. The minimum absolute atomic E-state index is 0.260. The Morgan fingerprint density at radius 1 is 0.386 bits per heavy atom. The smallest absolute Gasteiger partial charge is 0.217 e. The Morgan fingerprint density at radius 2 is 0.699 bits per heavy atom. The van der Waals surface area contributed by atoms with Gasteiger partial charge in [0.15, 0.2) is 37.7 Å². The zero-order valence-corrected chi connectivity index (χ0v) is 44.8. The van der Waals surface area contributed by atoms with Gasteiger partial charge in [0, 0.05) is 20.8 Å². The van der Waals surface area contributed by atoms with E-state index in [1.54, 1.807) is 0 Å². The van der Waals surface area contributed by atoms with Gasteiger partial charge < -0.3 is 165 Å². The lowest BCUT2D eigenvalue weighted by atomic mass is 9.93. The average Bonchev–Trinajstić information content (AvgIpc) is 3.36. The molecule has 0 aromatic carbocycles. The summed E-state index contributed by atoms with van der Waals surface area (Å²) in [5.41, 5.74) is 0. The molecule has 0 spiro atoms. The molecule has 6 saturated heterocycles. The van der Waals surface area contributed by atoms with Crippen molar-refractivity contribution in [1.82, 2.24) is 21.3 Å². The van der Waals surface area contributed by atoms with Crippen molar-refractivity contribution < 1.29 is 163 Å². The second-order valence-corrected chi connectivity index (χ2v) is 20.4. The number of nitrogens with one attached hydrogen (secondary N) is 4. The lowest BCUT2D eigenvalue weighted by Crippen LogP contribution is -2.71. The highest BCUT2D eigenvalue weighted by Crippen LogP contribution is 2.38. The van der Waals surface area contributed by atoms with Crippen LogP contribution in [-0.2, 0) is 76.0 Å². The van der Waals surface area contributed by atoms with E-state index in [4.69, 9.17) is 56.8 Å². The molecular weight excluding hydrogens is 1140 g/mol. The number of rotatable bonds is 25. The predicted octanol–water partition coefficient (Wildman–Crippen LogP) is -14.5. The van der Waals surface area contributed by atoms with Gasteiger partial charge in [-0.1, -0.05) is 0 Å². The Morgan fingerprint density at radius 3 is 1.10 bits per heavy atom. The summed E-state index contributed by atoms with van der Waals surface area (Å²) in [4.78, 5) is 48.3. The third-order valence-electron chi connectivity index (χ3n) is 14.6. The van der Waals surface area contributed by atoms with Crippen LogP contribution in [0.3, 0.4) is 0 Å². The zero-order valence-electron chi connectivity index (χ0n) is 44.8. The summed E-state index contributed by atoms with van der Waals surface area (Å²) in [5, 5.41) is 194. The molecule has 480 valence electrons. The topological polar surface area (TPSA) is 571 Å². The van der Waals surface area contributed by atoms with E-state index in [-0.39, 0.29) is 6.41 Å². The van der Waals surface area contributed by atoms with Gasteiger partial charge >= 0.3 is 0 Å². The van der Waals surface area contributed by atoms with E-state index < -0.39 is 261 Å². The summed E-state index contributed by atoms with van der Waals surface area (Å²) in [7, 11) is 0. The first kappa shape index (κ1) is 68.8. The molecule has 6 fully saturated rings. The summed E-state index contributed by atoms with van der Waals surface area (Å²) >= 11 is 0. The van der Waals surface area contributed by atoms with Gasteiger partial charge in [0.2, 0.25) is 24.1 Å². The van der Waals surface area contributed by atoms with E-state index in [0.29, 0.717) is 0 Å². The van der Waals surface area contributed by atoms with E-state index in [2.05, 4.69) is 21.3 Å². The Labute approximate surface area is 471 Å². The zero-order chi connectivity index (χ0) is 61.3. The summed E-state index contributed by atoms with van der Waals surface area (Å²) in [6, 6.07) is -6.17. The molecule has 4 amide bonds. The maximum absolute atomic E-state index is 12.9. The van der Waals surface area contributed by atoms with Gasteiger partial charge in [-0.25, -0.2) is 0 Å². The molecule has 6 heterocycles. The molecule has 31 atom stereocenters. The van der Waals surface area contributed by atoms with Gasteiger partial charge in [-0.2, -0.15) is 0 Å². The van der Waals surface area contributed by atoms with Crippen molar-refractivity contribution in [3.05, 3.63) is 0 Å². The number of hydrogen-bond acceptors (Lipinski definition) is 33. The van der Waals surface area contributed by atoms with Crippen molar-refractivity contribution in [1.29, 1.82) is 0 Å². The second-order valence-electron chi connectivity index (χ2n) is 20.4. The molecule has 21 N–H and O–H groups in total. The van der Waals surface area contributed by atoms with E-state index in [1.165, 1.54) is 0 Å². The van der Waals surface area contributed by atoms with Crippen LogP contribution in [-0.4, -0.2) is 354 Å². The van der Waals surface area contributed by atoms with Crippen molar-refractivity contribution in [2.75, 3.05) is 52.9 Å². The predicted molar refractivity (Wildman–Crippen MR) is 258 cm³/mol. The van der Waals surface area contributed by atoms with Crippen molar-refractivity contribution in [3.63, 3.8) is 0 Å². The van der Waals surface area contributed by atoms with Gasteiger partial charge in [-0.3, -0.25) is 19.2 Å². The number of aliphatic hydroxyl groups is 17. The highest BCUT2D eigenvalue weighted by atomic mass is 16.8. The quantitative estimate of drug-likeness (QED) is 0.0377. The number of carbonyl (C=O) groups is 4. The third kappa shape index (κ3) is 15.9. The number of carbonyl (C=O) groups excluding carboxylic acids is 4. The molecule has 0 aromatic heterocycles. The SMILES string of the molecule is CC(=O)N[C@H]1[C@H](O[C@@H]2[C@@H](O)[C@H](O[C@H]3[C@H](O)[C@@H](O)[C@H](OC[C@@H](CO)NC=O)O[C@@H]3CO)O[C@H](CO)[C@@H]2O[C@@H]2O[C@H](CO)[C@H](O)[C@H](O)[C@H]2NC(C)=O)O[C@H](CO)[C@H](O[C@@H]2O[C@H](CO)[C@H](O[C@@H]3O[C@H](CO)[C@H](O)[C@H](O)[C@H]3NC(C)=O)[C@H](O)[C@H]2O)[C@@H]1O. The van der Waals surface area contributed by atoms with Crippen LogP contribution in [0, 0.1) is 0 Å². The molecule has 0 saturated carbocycles.